The van der Waals surface area contributed by atoms with E-state index in [2.05, 4.69) is 4.74 Å². The number of rotatable bonds is 3. The molecular weight excluding hydrogens is 277 g/mol. The van der Waals surface area contributed by atoms with Crippen molar-refractivity contribution in [2.45, 2.75) is 6.61 Å². The molecule has 1 nitrogen and oxygen atoms in total. The number of halogens is 7. The fraction of sp³-hybridized carbons (Fsp3) is 0.143. The van der Waals surface area contributed by atoms with Crippen molar-refractivity contribution in [3.63, 3.8) is 0 Å². The Morgan fingerprint density at radius 3 is 1.81 bits per heavy atom. The van der Waals surface area contributed by atoms with E-state index in [1.165, 1.54) is 0 Å². The van der Waals surface area contributed by atoms with Crippen LogP contribution in [0.5, 0.6) is 5.75 Å². The zero-order chi connectivity index (χ0) is 12.5. The summed E-state index contributed by atoms with van der Waals surface area (Å²) in [5, 5.41) is -1.22. The van der Waals surface area contributed by atoms with Gasteiger partial charge in [-0.1, -0.05) is 35.3 Å². The second-order valence-corrected chi connectivity index (χ2v) is 3.58. The van der Waals surface area contributed by atoms with E-state index in [0.29, 0.717) is 12.1 Å². The van der Waals surface area contributed by atoms with E-state index in [4.69, 9.17) is 23.2 Å². The van der Waals surface area contributed by atoms with Gasteiger partial charge in [0.2, 0.25) is 0 Å². The van der Waals surface area contributed by atoms with Crippen LogP contribution in [0.3, 0.4) is 0 Å². The molecule has 9 heteroatoms. The van der Waals surface area contributed by atoms with Crippen LogP contribution in [0.1, 0.15) is 0 Å². The first-order valence-corrected chi connectivity index (χ1v) is 4.61. The van der Waals surface area contributed by atoms with E-state index in [1.54, 1.807) is 0 Å². The van der Waals surface area contributed by atoms with Crippen LogP contribution < -0.4 is 10.2 Å². The number of alkyl halides is 2. The molecule has 0 bridgehead atoms. The van der Waals surface area contributed by atoms with Gasteiger partial charge in [0.1, 0.15) is 0 Å². The van der Waals surface area contributed by atoms with E-state index < -0.39 is 34.8 Å². The molecule has 0 aliphatic rings. The van der Waals surface area contributed by atoms with Crippen molar-refractivity contribution in [1.82, 2.24) is 0 Å². The van der Waals surface area contributed by atoms with Gasteiger partial charge in [-0.3, -0.25) is 0 Å². The fourth-order valence-corrected chi connectivity index (χ4v) is 1.56. The zero-order valence-corrected chi connectivity index (χ0v) is 8.88. The summed E-state index contributed by atoms with van der Waals surface area (Å²) in [5.41, 5.74) is -1.07. The van der Waals surface area contributed by atoms with Crippen molar-refractivity contribution in [3.05, 3.63) is 22.2 Å². The summed E-state index contributed by atoms with van der Waals surface area (Å²) < 4.78 is 64.5. The van der Waals surface area contributed by atoms with Gasteiger partial charge in [0.15, 0.2) is 5.75 Å². The van der Waals surface area contributed by atoms with Crippen molar-refractivity contribution in [2.24, 2.45) is 0 Å². The van der Waals surface area contributed by atoms with Crippen LogP contribution in [-0.4, -0.2) is 13.6 Å². The molecule has 0 heterocycles. The average Bonchev–Trinajstić information content (AvgIpc) is 2.09. The SMILES string of the molecule is FC(F)Oc1c(Cl)cc([B-](F)(F)F)cc1Cl. The monoisotopic (exact) mass is 279 g/mol. The summed E-state index contributed by atoms with van der Waals surface area (Å²) in [6.07, 6.45) is 0. The highest BCUT2D eigenvalue weighted by Crippen LogP contribution is 2.34. The first-order chi connectivity index (χ1) is 7.21. The summed E-state index contributed by atoms with van der Waals surface area (Å²) >= 11 is 10.7. The first kappa shape index (κ1) is 13.4. The summed E-state index contributed by atoms with van der Waals surface area (Å²) in [4.78, 5) is 0. The van der Waals surface area contributed by atoms with Crippen LogP contribution in [0.25, 0.3) is 0 Å². The molecular formula is C7H3BCl2F5O-. The van der Waals surface area contributed by atoms with Gasteiger partial charge in [-0.05, 0) is 0 Å². The highest BCUT2D eigenvalue weighted by atomic mass is 35.5. The van der Waals surface area contributed by atoms with Crippen LogP contribution in [-0.2, 0) is 0 Å². The summed E-state index contributed by atoms with van der Waals surface area (Å²) in [7, 11) is 0. The molecule has 1 rings (SSSR count). The minimum atomic E-state index is -5.29. The topological polar surface area (TPSA) is 9.23 Å². The average molecular weight is 280 g/mol. The van der Waals surface area contributed by atoms with Crippen molar-refractivity contribution in [1.29, 1.82) is 0 Å². The standard InChI is InChI=1S/C7H3BCl2F5O/c9-4-1-3(8(13,14)15)2-5(10)6(4)16-7(11)12/h1-2,7H/q-1. The van der Waals surface area contributed by atoms with Gasteiger partial charge >= 0.3 is 13.6 Å². The fourth-order valence-electron chi connectivity index (χ4n) is 0.970. The molecule has 0 spiro atoms. The lowest BCUT2D eigenvalue weighted by atomic mass is 9.80. The molecule has 0 saturated heterocycles. The Balaban J connectivity index is 3.18. The van der Waals surface area contributed by atoms with Crippen molar-refractivity contribution in [3.8, 4) is 5.75 Å². The Bertz CT molecular complexity index is 372. The van der Waals surface area contributed by atoms with E-state index in [1.807, 2.05) is 0 Å². The zero-order valence-electron chi connectivity index (χ0n) is 7.36. The van der Waals surface area contributed by atoms with Crippen LogP contribution in [0, 0.1) is 0 Å². The lowest BCUT2D eigenvalue weighted by Crippen LogP contribution is -2.34. The van der Waals surface area contributed by atoms with Crippen molar-refractivity contribution >= 4 is 35.6 Å². The van der Waals surface area contributed by atoms with Crippen LogP contribution >= 0.6 is 23.2 Å². The predicted octanol–water partition coefficient (Wildman–Crippen LogP) is 3.65. The third kappa shape index (κ3) is 3.15. The highest BCUT2D eigenvalue weighted by molar-refractivity contribution is 6.74. The lowest BCUT2D eigenvalue weighted by molar-refractivity contribution is -0.0497. The van der Waals surface area contributed by atoms with Crippen LogP contribution in [0.2, 0.25) is 10.0 Å². The van der Waals surface area contributed by atoms with Crippen molar-refractivity contribution in [2.75, 3.05) is 0 Å². The minimum Gasteiger partial charge on any atom is -0.445 e. The van der Waals surface area contributed by atoms with Crippen LogP contribution in [0.15, 0.2) is 12.1 Å². The molecule has 0 aromatic heterocycles. The second-order valence-electron chi connectivity index (χ2n) is 2.77. The molecule has 0 aliphatic carbocycles. The number of hydrogen-bond donors (Lipinski definition) is 0. The van der Waals surface area contributed by atoms with Crippen LogP contribution in [0.4, 0.5) is 21.7 Å². The number of ether oxygens (including phenoxy) is 1. The Morgan fingerprint density at radius 2 is 1.50 bits per heavy atom. The molecule has 1 aromatic rings. The van der Waals surface area contributed by atoms with E-state index in [0.717, 1.165) is 0 Å². The highest BCUT2D eigenvalue weighted by Gasteiger charge is 2.28. The van der Waals surface area contributed by atoms with Gasteiger partial charge in [0.25, 0.3) is 0 Å². The molecule has 0 aliphatic heterocycles. The Labute approximate surface area is 97.2 Å². The Morgan fingerprint density at radius 1 is 1.06 bits per heavy atom. The molecule has 0 saturated carbocycles. The van der Waals surface area contributed by atoms with Gasteiger partial charge in [0.05, 0.1) is 10.0 Å². The first-order valence-electron chi connectivity index (χ1n) is 3.85. The smallest absolute Gasteiger partial charge is 0.445 e. The Kier molecular flexibility index (Phi) is 3.90. The van der Waals surface area contributed by atoms with Gasteiger partial charge in [-0.25, -0.2) is 0 Å². The summed E-state index contributed by atoms with van der Waals surface area (Å²) in [6.45, 7) is -8.50. The lowest BCUT2D eigenvalue weighted by Gasteiger charge is -2.17. The second kappa shape index (κ2) is 4.67. The van der Waals surface area contributed by atoms with E-state index in [9.17, 15) is 21.7 Å². The molecule has 0 amide bonds. The molecule has 0 unspecified atom stereocenters. The Hall–Kier alpha value is -0.685. The van der Waals surface area contributed by atoms with Gasteiger partial charge in [-0.2, -0.15) is 8.78 Å². The molecule has 0 fully saturated rings. The number of hydrogen-bond acceptors (Lipinski definition) is 1. The normalized spacial score (nSPS) is 12.0. The molecule has 16 heavy (non-hydrogen) atoms. The molecule has 0 N–H and O–H groups in total. The maximum atomic E-state index is 12.3. The van der Waals surface area contributed by atoms with E-state index in [-0.39, 0.29) is 0 Å². The maximum Gasteiger partial charge on any atom is 0.509 e. The maximum absolute atomic E-state index is 12.3. The quantitative estimate of drug-likeness (QED) is 0.606. The molecule has 90 valence electrons. The summed E-state index contributed by atoms with van der Waals surface area (Å²) in [6, 6.07) is 0.982. The van der Waals surface area contributed by atoms with Gasteiger partial charge in [-0.15, -0.1) is 5.46 Å². The van der Waals surface area contributed by atoms with Gasteiger partial charge in [0, 0.05) is 0 Å². The molecule has 0 atom stereocenters. The van der Waals surface area contributed by atoms with E-state index >= 15 is 0 Å². The molecule has 1 aromatic carbocycles. The summed E-state index contributed by atoms with van der Waals surface area (Å²) in [5.74, 6) is -0.665. The third-order valence-electron chi connectivity index (χ3n) is 1.61. The molecule has 0 radical (unpaired) electrons. The predicted molar refractivity (Wildman–Crippen MR) is 51.8 cm³/mol. The largest absolute Gasteiger partial charge is 0.509 e. The minimum absolute atomic E-state index is 0.491. The number of benzene rings is 1. The third-order valence-corrected chi connectivity index (χ3v) is 2.17. The van der Waals surface area contributed by atoms with Gasteiger partial charge < -0.3 is 17.7 Å². The van der Waals surface area contributed by atoms with Crippen molar-refractivity contribution < 1.29 is 26.5 Å².